The maximum absolute atomic E-state index is 12.0. The fraction of sp³-hybridized carbons (Fsp3) is 0.917. The normalized spacial score (nSPS) is 27.8. The van der Waals surface area contributed by atoms with Gasteiger partial charge < -0.3 is 9.64 Å². The molecular formula is C12H20N4O2. The number of carbonyl (C=O) groups excluding carboxylic acids is 1. The molecule has 0 radical (unpaired) electrons. The highest BCUT2D eigenvalue weighted by Gasteiger charge is 2.44. The van der Waals surface area contributed by atoms with Gasteiger partial charge in [0.05, 0.1) is 6.04 Å². The molecule has 2 atom stereocenters. The highest BCUT2D eigenvalue weighted by atomic mass is 16.6. The predicted octanol–water partition coefficient (Wildman–Crippen LogP) is 2.94. The average Bonchev–Trinajstić information content (AvgIpc) is 2.98. The molecule has 1 heterocycles. The fourth-order valence-electron chi connectivity index (χ4n) is 2.46. The highest BCUT2D eigenvalue weighted by Crippen LogP contribution is 2.42. The minimum Gasteiger partial charge on any atom is -0.444 e. The molecule has 0 bridgehead atoms. The van der Waals surface area contributed by atoms with Crippen molar-refractivity contribution in [1.29, 1.82) is 0 Å². The summed E-state index contributed by atoms with van der Waals surface area (Å²) in [7, 11) is 0. The van der Waals surface area contributed by atoms with Crippen LogP contribution in [0.3, 0.4) is 0 Å². The van der Waals surface area contributed by atoms with E-state index >= 15 is 0 Å². The summed E-state index contributed by atoms with van der Waals surface area (Å²) < 4.78 is 5.35. The Labute approximate surface area is 107 Å². The van der Waals surface area contributed by atoms with Gasteiger partial charge >= 0.3 is 6.09 Å². The summed E-state index contributed by atoms with van der Waals surface area (Å²) in [6, 6.07) is -0.0879. The number of likely N-dealkylation sites (tertiary alicyclic amines) is 1. The molecule has 1 aliphatic carbocycles. The van der Waals surface area contributed by atoms with Gasteiger partial charge in [0.1, 0.15) is 5.60 Å². The molecule has 2 aliphatic rings. The van der Waals surface area contributed by atoms with Crippen molar-refractivity contribution in [2.24, 2.45) is 17.0 Å². The molecular weight excluding hydrogens is 232 g/mol. The van der Waals surface area contributed by atoms with Crippen LogP contribution in [0.25, 0.3) is 10.4 Å². The van der Waals surface area contributed by atoms with Gasteiger partial charge in [0, 0.05) is 18.0 Å². The third kappa shape index (κ3) is 3.07. The first-order valence-electron chi connectivity index (χ1n) is 6.43. The summed E-state index contributed by atoms with van der Waals surface area (Å²) >= 11 is 0. The van der Waals surface area contributed by atoms with Crippen molar-refractivity contribution >= 4 is 6.09 Å². The molecule has 100 valence electrons. The largest absolute Gasteiger partial charge is 0.444 e. The van der Waals surface area contributed by atoms with Crippen LogP contribution >= 0.6 is 0 Å². The van der Waals surface area contributed by atoms with E-state index in [9.17, 15) is 4.79 Å². The second-order valence-corrected chi connectivity index (χ2v) is 6.16. The summed E-state index contributed by atoms with van der Waals surface area (Å²) in [5, 5.41) is 3.83. The molecule has 18 heavy (non-hydrogen) atoms. The maximum Gasteiger partial charge on any atom is 0.410 e. The molecule has 0 aromatic heterocycles. The van der Waals surface area contributed by atoms with Gasteiger partial charge in [-0.15, -0.1) is 0 Å². The van der Waals surface area contributed by atoms with Gasteiger partial charge in [0.15, 0.2) is 0 Å². The van der Waals surface area contributed by atoms with E-state index in [0.717, 1.165) is 0 Å². The Balaban J connectivity index is 1.99. The summed E-state index contributed by atoms with van der Waals surface area (Å²) in [5.74, 6) is 0.932. The number of carbonyl (C=O) groups is 1. The van der Waals surface area contributed by atoms with Gasteiger partial charge in [-0.1, -0.05) is 5.11 Å². The molecule has 0 spiro atoms. The Kier molecular flexibility index (Phi) is 3.39. The van der Waals surface area contributed by atoms with Crippen molar-refractivity contribution in [2.75, 3.05) is 13.1 Å². The second kappa shape index (κ2) is 4.69. The lowest BCUT2D eigenvalue weighted by atomic mass is 9.99. The molecule has 6 heteroatoms. The number of hydrogen-bond donors (Lipinski definition) is 0. The standard InChI is InChI=1S/C12H20N4O2/c1-12(2,3)18-11(17)16-6-9(8-4-5-8)10(7-16)14-15-13/h8-10H,4-7H2,1-3H3. The third-order valence-electron chi connectivity index (χ3n) is 3.41. The van der Waals surface area contributed by atoms with E-state index in [1.165, 1.54) is 12.8 Å². The predicted molar refractivity (Wildman–Crippen MR) is 67.0 cm³/mol. The Morgan fingerprint density at radius 2 is 2.06 bits per heavy atom. The first kappa shape index (κ1) is 13.0. The fourth-order valence-corrected chi connectivity index (χ4v) is 2.46. The van der Waals surface area contributed by atoms with E-state index in [1.54, 1.807) is 4.90 Å². The van der Waals surface area contributed by atoms with Crippen LogP contribution in [0.5, 0.6) is 0 Å². The van der Waals surface area contributed by atoms with E-state index in [2.05, 4.69) is 10.0 Å². The summed E-state index contributed by atoms with van der Waals surface area (Å²) in [4.78, 5) is 16.5. The zero-order chi connectivity index (χ0) is 13.3. The zero-order valence-electron chi connectivity index (χ0n) is 11.2. The Hall–Kier alpha value is -1.42. The Morgan fingerprint density at radius 1 is 1.39 bits per heavy atom. The summed E-state index contributed by atoms with van der Waals surface area (Å²) in [5.41, 5.74) is 8.10. The molecule has 1 saturated heterocycles. The quantitative estimate of drug-likeness (QED) is 0.430. The van der Waals surface area contributed by atoms with E-state index in [0.29, 0.717) is 24.9 Å². The van der Waals surface area contributed by atoms with Crippen LogP contribution < -0.4 is 0 Å². The topological polar surface area (TPSA) is 78.3 Å². The van der Waals surface area contributed by atoms with Gasteiger partial charge in [-0.05, 0) is 51.0 Å². The molecule has 2 rings (SSSR count). The lowest BCUT2D eigenvalue weighted by molar-refractivity contribution is 0.0285. The number of nitrogens with zero attached hydrogens (tertiary/aromatic N) is 4. The molecule has 1 amide bonds. The second-order valence-electron chi connectivity index (χ2n) is 6.16. The lowest BCUT2D eigenvalue weighted by Gasteiger charge is -2.24. The Morgan fingerprint density at radius 3 is 2.56 bits per heavy atom. The Bertz CT molecular complexity index is 380. The van der Waals surface area contributed by atoms with Crippen molar-refractivity contribution in [1.82, 2.24) is 4.90 Å². The van der Waals surface area contributed by atoms with Crippen LogP contribution in [-0.2, 0) is 4.74 Å². The minimum atomic E-state index is -0.483. The van der Waals surface area contributed by atoms with Gasteiger partial charge in [-0.3, -0.25) is 0 Å². The first-order valence-corrected chi connectivity index (χ1v) is 6.43. The number of amides is 1. The zero-order valence-corrected chi connectivity index (χ0v) is 11.2. The smallest absolute Gasteiger partial charge is 0.410 e. The van der Waals surface area contributed by atoms with Crippen LogP contribution in [0.15, 0.2) is 5.11 Å². The van der Waals surface area contributed by atoms with Crippen molar-refractivity contribution in [3.8, 4) is 0 Å². The van der Waals surface area contributed by atoms with Crippen molar-refractivity contribution < 1.29 is 9.53 Å². The SMILES string of the molecule is CC(C)(C)OC(=O)N1CC(N=[N+]=[N-])C(C2CC2)C1. The van der Waals surface area contributed by atoms with Crippen LogP contribution in [0, 0.1) is 11.8 Å². The average molecular weight is 252 g/mol. The number of rotatable bonds is 2. The molecule has 6 nitrogen and oxygen atoms in total. The van der Waals surface area contributed by atoms with E-state index in [1.807, 2.05) is 20.8 Å². The number of ether oxygens (including phenoxy) is 1. The van der Waals surface area contributed by atoms with Crippen molar-refractivity contribution in [3.63, 3.8) is 0 Å². The molecule has 2 unspecified atom stereocenters. The molecule has 1 saturated carbocycles. The van der Waals surface area contributed by atoms with E-state index < -0.39 is 5.60 Å². The van der Waals surface area contributed by atoms with Crippen molar-refractivity contribution in [3.05, 3.63) is 10.4 Å². The van der Waals surface area contributed by atoms with E-state index in [4.69, 9.17) is 10.3 Å². The van der Waals surface area contributed by atoms with E-state index in [-0.39, 0.29) is 12.1 Å². The van der Waals surface area contributed by atoms with Crippen molar-refractivity contribution in [2.45, 2.75) is 45.3 Å². The molecule has 0 aromatic carbocycles. The third-order valence-corrected chi connectivity index (χ3v) is 3.41. The lowest BCUT2D eigenvalue weighted by Crippen LogP contribution is -2.35. The number of azide groups is 1. The van der Waals surface area contributed by atoms with Crippen LogP contribution in [0.1, 0.15) is 33.6 Å². The summed E-state index contributed by atoms with van der Waals surface area (Å²) in [6.45, 7) is 6.70. The molecule has 0 N–H and O–H groups in total. The highest BCUT2D eigenvalue weighted by molar-refractivity contribution is 5.68. The maximum atomic E-state index is 12.0. The van der Waals surface area contributed by atoms with Crippen LogP contribution in [0.2, 0.25) is 0 Å². The summed E-state index contributed by atoms with van der Waals surface area (Å²) in [6.07, 6.45) is 2.07. The van der Waals surface area contributed by atoms with Gasteiger partial charge in [-0.25, -0.2) is 4.79 Å². The van der Waals surface area contributed by atoms with Gasteiger partial charge in [0.2, 0.25) is 0 Å². The monoisotopic (exact) mass is 252 g/mol. The van der Waals surface area contributed by atoms with Crippen LogP contribution in [-0.4, -0.2) is 35.7 Å². The van der Waals surface area contributed by atoms with Gasteiger partial charge in [-0.2, -0.15) is 0 Å². The first-order chi connectivity index (χ1) is 8.40. The van der Waals surface area contributed by atoms with Crippen LogP contribution in [0.4, 0.5) is 4.79 Å². The molecule has 0 aromatic rings. The number of hydrogen-bond acceptors (Lipinski definition) is 3. The van der Waals surface area contributed by atoms with Gasteiger partial charge in [0.25, 0.3) is 0 Å². The molecule has 1 aliphatic heterocycles. The molecule has 2 fully saturated rings. The minimum absolute atomic E-state index is 0.0879.